The van der Waals surface area contributed by atoms with Crippen molar-refractivity contribution in [1.82, 2.24) is 10.6 Å². The molecule has 2 heteroatoms. The molecule has 0 aliphatic heterocycles. The topological polar surface area (TPSA) is 24.1 Å². The summed E-state index contributed by atoms with van der Waals surface area (Å²) in [6.45, 7) is 6.90. The molecule has 2 aromatic rings. The molecule has 2 aromatic carbocycles. The van der Waals surface area contributed by atoms with Gasteiger partial charge in [0.15, 0.2) is 0 Å². The fourth-order valence-electron chi connectivity index (χ4n) is 4.09. The van der Waals surface area contributed by atoms with Gasteiger partial charge in [-0.1, -0.05) is 99.2 Å². The van der Waals surface area contributed by atoms with E-state index in [1.54, 1.807) is 0 Å². The lowest BCUT2D eigenvalue weighted by Crippen LogP contribution is -2.29. The van der Waals surface area contributed by atoms with E-state index in [4.69, 9.17) is 0 Å². The van der Waals surface area contributed by atoms with E-state index in [2.05, 4.69) is 85.1 Å². The largest absolute Gasteiger partial charge is 0.314 e. The minimum absolute atomic E-state index is 0.566. The van der Waals surface area contributed by atoms with Gasteiger partial charge in [-0.15, -0.1) is 0 Å². The maximum atomic E-state index is 3.67. The maximum Gasteiger partial charge on any atom is 0.00791 e. The quantitative estimate of drug-likeness (QED) is 0.290. The molecular weight excluding hydrogens is 364 g/mol. The summed E-state index contributed by atoms with van der Waals surface area (Å²) in [4.78, 5) is 0. The molecule has 2 N–H and O–H groups in total. The number of rotatable bonds is 17. The molecule has 2 atom stereocenters. The Morgan fingerprint density at radius 1 is 0.500 bits per heavy atom. The second kappa shape index (κ2) is 16.1. The maximum absolute atomic E-state index is 3.67. The van der Waals surface area contributed by atoms with Crippen LogP contribution in [-0.2, 0) is 12.8 Å². The third-order valence-corrected chi connectivity index (χ3v) is 5.86. The summed E-state index contributed by atoms with van der Waals surface area (Å²) in [5, 5.41) is 7.35. The first-order valence-corrected chi connectivity index (χ1v) is 12.3. The SMILES string of the molecule is C[C@H](Cc1ccccc1)NCCCCCCCCCCN[C@@H](C)Cc1ccccc1. The number of hydrogen-bond donors (Lipinski definition) is 2. The molecule has 0 aromatic heterocycles. The normalized spacial score (nSPS) is 13.3. The zero-order chi connectivity index (χ0) is 21.3. The van der Waals surface area contributed by atoms with Crippen molar-refractivity contribution < 1.29 is 0 Å². The highest BCUT2D eigenvalue weighted by Gasteiger charge is 2.03. The van der Waals surface area contributed by atoms with Crippen LogP contribution in [0.25, 0.3) is 0 Å². The van der Waals surface area contributed by atoms with E-state index in [1.165, 1.54) is 62.5 Å². The average Bonchev–Trinajstić information content (AvgIpc) is 2.76. The van der Waals surface area contributed by atoms with Crippen molar-refractivity contribution in [2.24, 2.45) is 0 Å². The van der Waals surface area contributed by atoms with Crippen LogP contribution in [0.1, 0.15) is 76.3 Å². The second-order valence-corrected chi connectivity index (χ2v) is 8.92. The number of nitrogens with one attached hydrogen (secondary N) is 2. The highest BCUT2D eigenvalue weighted by molar-refractivity contribution is 5.16. The van der Waals surface area contributed by atoms with Crippen molar-refractivity contribution in [3.63, 3.8) is 0 Å². The molecule has 0 aliphatic rings. The van der Waals surface area contributed by atoms with Crippen molar-refractivity contribution in [1.29, 1.82) is 0 Å². The molecule has 0 bridgehead atoms. The molecule has 0 saturated heterocycles. The molecule has 2 nitrogen and oxygen atoms in total. The number of unbranched alkanes of at least 4 members (excludes halogenated alkanes) is 7. The Morgan fingerprint density at radius 3 is 1.20 bits per heavy atom. The monoisotopic (exact) mass is 408 g/mol. The Morgan fingerprint density at radius 2 is 0.833 bits per heavy atom. The highest BCUT2D eigenvalue weighted by atomic mass is 14.9. The third kappa shape index (κ3) is 12.1. The smallest absolute Gasteiger partial charge is 0.00791 e. The molecule has 0 unspecified atom stereocenters. The summed E-state index contributed by atoms with van der Waals surface area (Å²) in [5.74, 6) is 0. The van der Waals surface area contributed by atoms with Gasteiger partial charge in [0.05, 0.1) is 0 Å². The zero-order valence-electron chi connectivity index (χ0n) is 19.4. The van der Waals surface area contributed by atoms with Crippen LogP contribution in [0.4, 0.5) is 0 Å². The van der Waals surface area contributed by atoms with E-state index in [-0.39, 0.29) is 0 Å². The molecule has 0 saturated carbocycles. The molecule has 0 spiro atoms. The lowest BCUT2D eigenvalue weighted by atomic mass is 10.1. The van der Waals surface area contributed by atoms with E-state index in [1.807, 2.05) is 0 Å². The Bertz CT molecular complexity index is 568. The first-order valence-electron chi connectivity index (χ1n) is 12.3. The summed E-state index contributed by atoms with van der Waals surface area (Å²) in [6.07, 6.45) is 13.2. The fraction of sp³-hybridized carbons (Fsp3) is 0.571. The Balaban J connectivity index is 1.32. The van der Waals surface area contributed by atoms with Crippen molar-refractivity contribution in [2.45, 2.75) is 90.1 Å². The van der Waals surface area contributed by atoms with E-state index in [0.29, 0.717) is 12.1 Å². The summed E-state index contributed by atoms with van der Waals surface area (Å²) in [5.41, 5.74) is 2.86. The molecular formula is C28H44N2. The van der Waals surface area contributed by atoms with Gasteiger partial charge in [0.25, 0.3) is 0 Å². The van der Waals surface area contributed by atoms with Gasteiger partial charge in [0.1, 0.15) is 0 Å². The Hall–Kier alpha value is -1.64. The van der Waals surface area contributed by atoms with Crippen molar-refractivity contribution in [3.8, 4) is 0 Å². The van der Waals surface area contributed by atoms with Gasteiger partial charge in [0.2, 0.25) is 0 Å². The summed E-state index contributed by atoms with van der Waals surface area (Å²) in [7, 11) is 0. The van der Waals surface area contributed by atoms with Crippen molar-refractivity contribution in [3.05, 3.63) is 71.8 Å². The van der Waals surface area contributed by atoms with E-state index >= 15 is 0 Å². The summed E-state index contributed by atoms with van der Waals surface area (Å²) < 4.78 is 0. The molecule has 0 amide bonds. The second-order valence-electron chi connectivity index (χ2n) is 8.92. The van der Waals surface area contributed by atoms with Crippen molar-refractivity contribution >= 4 is 0 Å². The lowest BCUT2D eigenvalue weighted by molar-refractivity contribution is 0.496. The van der Waals surface area contributed by atoms with Gasteiger partial charge in [-0.05, 0) is 63.7 Å². The van der Waals surface area contributed by atoms with Gasteiger partial charge in [-0.25, -0.2) is 0 Å². The molecule has 0 heterocycles. The molecule has 166 valence electrons. The van der Waals surface area contributed by atoms with Crippen LogP contribution in [0.15, 0.2) is 60.7 Å². The van der Waals surface area contributed by atoms with Gasteiger partial charge in [0, 0.05) is 12.1 Å². The summed E-state index contributed by atoms with van der Waals surface area (Å²) in [6, 6.07) is 22.7. The predicted octanol–water partition coefficient (Wildman–Crippen LogP) is 6.55. The van der Waals surface area contributed by atoms with Crippen LogP contribution < -0.4 is 10.6 Å². The Kier molecular flexibility index (Phi) is 13.2. The van der Waals surface area contributed by atoms with Crippen LogP contribution in [0.3, 0.4) is 0 Å². The van der Waals surface area contributed by atoms with Gasteiger partial charge in [-0.2, -0.15) is 0 Å². The number of benzene rings is 2. The van der Waals surface area contributed by atoms with Crippen LogP contribution in [0.2, 0.25) is 0 Å². The predicted molar refractivity (Wildman–Crippen MR) is 132 cm³/mol. The molecule has 0 radical (unpaired) electrons. The zero-order valence-corrected chi connectivity index (χ0v) is 19.4. The average molecular weight is 409 g/mol. The lowest BCUT2D eigenvalue weighted by Gasteiger charge is -2.14. The van der Waals surface area contributed by atoms with Gasteiger partial charge >= 0.3 is 0 Å². The van der Waals surface area contributed by atoms with Crippen LogP contribution in [-0.4, -0.2) is 25.2 Å². The van der Waals surface area contributed by atoms with E-state index < -0.39 is 0 Å². The minimum Gasteiger partial charge on any atom is -0.314 e. The number of hydrogen-bond acceptors (Lipinski definition) is 2. The van der Waals surface area contributed by atoms with Crippen LogP contribution in [0, 0.1) is 0 Å². The van der Waals surface area contributed by atoms with Gasteiger partial charge < -0.3 is 10.6 Å². The fourth-order valence-corrected chi connectivity index (χ4v) is 4.09. The molecule has 2 rings (SSSR count). The van der Waals surface area contributed by atoms with E-state index in [9.17, 15) is 0 Å². The van der Waals surface area contributed by atoms with Crippen LogP contribution >= 0.6 is 0 Å². The molecule has 0 aliphatic carbocycles. The first-order chi connectivity index (χ1) is 14.7. The highest BCUT2D eigenvalue weighted by Crippen LogP contribution is 2.09. The third-order valence-electron chi connectivity index (χ3n) is 5.86. The molecule has 30 heavy (non-hydrogen) atoms. The minimum atomic E-state index is 0.566. The summed E-state index contributed by atoms with van der Waals surface area (Å²) >= 11 is 0. The van der Waals surface area contributed by atoms with E-state index in [0.717, 1.165) is 25.9 Å². The first kappa shape index (κ1) is 24.6. The molecule has 0 fully saturated rings. The standard InChI is InChI=1S/C28H44N2/c1-25(23-27-17-11-9-12-18-27)29-21-15-7-5-3-4-6-8-16-22-30-26(2)24-28-19-13-10-14-20-28/h9-14,17-20,25-26,29-30H,3-8,15-16,21-24H2,1-2H3/t25-,26+. The van der Waals surface area contributed by atoms with Crippen LogP contribution in [0.5, 0.6) is 0 Å². The van der Waals surface area contributed by atoms with Gasteiger partial charge in [-0.3, -0.25) is 0 Å². The van der Waals surface area contributed by atoms with Crippen molar-refractivity contribution in [2.75, 3.05) is 13.1 Å². The Labute approximate surface area is 185 Å².